The van der Waals surface area contributed by atoms with E-state index >= 15 is 0 Å². The monoisotopic (exact) mass is 355 g/mol. The van der Waals surface area contributed by atoms with Gasteiger partial charge in [-0.3, -0.25) is 9.69 Å². The normalized spacial score (nSPS) is 25.4. The second-order valence-electron chi connectivity index (χ2n) is 5.55. The van der Waals surface area contributed by atoms with Crippen LogP contribution in [0.25, 0.3) is 0 Å². The summed E-state index contributed by atoms with van der Waals surface area (Å²) in [5, 5.41) is 8.85. The van der Waals surface area contributed by atoms with Crippen LogP contribution in [-0.2, 0) is 16.0 Å². The van der Waals surface area contributed by atoms with E-state index in [2.05, 4.69) is 26.9 Å². The van der Waals surface area contributed by atoms with Crippen molar-refractivity contribution in [2.45, 2.75) is 25.0 Å². The van der Waals surface area contributed by atoms with Crippen molar-refractivity contribution in [3.63, 3.8) is 0 Å². The predicted octanol–water partition coefficient (Wildman–Crippen LogP) is 1.93. The van der Waals surface area contributed by atoms with E-state index in [1.807, 2.05) is 12.1 Å². The Morgan fingerprint density at radius 3 is 3.10 bits per heavy atom. The lowest BCUT2D eigenvalue weighted by atomic mass is 10.1. The lowest BCUT2D eigenvalue weighted by Crippen LogP contribution is -2.46. The second-order valence-corrected chi connectivity index (χ2v) is 6.46. The van der Waals surface area contributed by atoms with Crippen LogP contribution in [0.2, 0.25) is 0 Å². The average Bonchev–Trinajstić information content (AvgIpc) is 2.79. The summed E-state index contributed by atoms with van der Waals surface area (Å²) in [6, 6.07) is 6.08. The third-order valence-electron chi connectivity index (χ3n) is 3.85. The Morgan fingerprint density at radius 1 is 1.43 bits per heavy atom. The second kappa shape index (κ2) is 6.34. The van der Waals surface area contributed by atoms with E-state index in [0.29, 0.717) is 13.2 Å². The molecule has 2 heterocycles. The molecule has 3 rings (SSSR count). The fourth-order valence-corrected chi connectivity index (χ4v) is 3.35. The van der Waals surface area contributed by atoms with Gasteiger partial charge in [-0.2, -0.15) is 0 Å². The molecule has 1 aromatic rings. The Bertz CT molecular complexity index is 536. The van der Waals surface area contributed by atoms with Crippen molar-refractivity contribution in [2.75, 3.05) is 26.2 Å². The molecular weight excluding hydrogens is 338 g/mol. The maximum absolute atomic E-state index is 10.8. The first kappa shape index (κ1) is 14.8. The highest BCUT2D eigenvalue weighted by Crippen LogP contribution is 2.31. The Labute approximate surface area is 132 Å². The van der Waals surface area contributed by atoms with Crippen molar-refractivity contribution in [1.82, 2.24) is 4.90 Å². The van der Waals surface area contributed by atoms with Crippen molar-refractivity contribution < 1.29 is 19.4 Å². The SMILES string of the molecule is O=C(O)CC1CN(CC2Cc3cc(Br)ccc3O2)CCO1. The van der Waals surface area contributed by atoms with Crippen LogP contribution in [0, 0.1) is 0 Å². The van der Waals surface area contributed by atoms with Gasteiger partial charge in [-0.25, -0.2) is 0 Å². The Kier molecular flexibility index (Phi) is 4.47. The fraction of sp³-hybridized carbons (Fsp3) is 0.533. The van der Waals surface area contributed by atoms with Gasteiger partial charge in [0.2, 0.25) is 0 Å². The maximum Gasteiger partial charge on any atom is 0.306 e. The van der Waals surface area contributed by atoms with E-state index in [9.17, 15) is 4.79 Å². The predicted molar refractivity (Wildman–Crippen MR) is 80.7 cm³/mol. The number of carboxylic acids is 1. The van der Waals surface area contributed by atoms with E-state index in [0.717, 1.165) is 29.7 Å². The fourth-order valence-electron chi connectivity index (χ4n) is 2.94. The summed E-state index contributed by atoms with van der Waals surface area (Å²) in [4.78, 5) is 13.0. The number of hydrogen-bond acceptors (Lipinski definition) is 4. The van der Waals surface area contributed by atoms with E-state index in [4.69, 9.17) is 14.6 Å². The molecule has 0 aliphatic carbocycles. The molecule has 6 heteroatoms. The van der Waals surface area contributed by atoms with Gasteiger partial charge < -0.3 is 14.6 Å². The molecule has 0 radical (unpaired) electrons. The minimum atomic E-state index is -0.809. The van der Waals surface area contributed by atoms with Crippen LogP contribution in [0.1, 0.15) is 12.0 Å². The van der Waals surface area contributed by atoms with E-state index in [1.165, 1.54) is 5.56 Å². The molecule has 2 aliphatic heterocycles. The lowest BCUT2D eigenvalue weighted by molar-refractivity contribution is -0.142. The molecule has 1 fully saturated rings. The molecule has 114 valence electrons. The maximum atomic E-state index is 10.8. The minimum absolute atomic E-state index is 0.0647. The summed E-state index contributed by atoms with van der Waals surface area (Å²) in [5.41, 5.74) is 1.23. The van der Waals surface area contributed by atoms with E-state index < -0.39 is 5.97 Å². The van der Waals surface area contributed by atoms with E-state index in [-0.39, 0.29) is 18.6 Å². The molecule has 1 saturated heterocycles. The number of halogens is 1. The zero-order valence-electron chi connectivity index (χ0n) is 11.6. The van der Waals surface area contributed by atoms with Gasteiger partial charge in [0.25, 0.3) is 0 Å². The van der Waals surface area contributed by atoms with Gasteiger partial charge in [0.05, 0.1) is 19.1 Å². The van der Waals surface area contributed by atoms with Crippen LogP contribution in [-0.4, -0.2) is 54.4 Å². The number of nitrogens with zero attached hydrogens (tertiary/aromatic N) is 1. The minimum Gasteiger partial charge on any atom is -0.488 e. The molecule has 0 amide bonds. The molecular formula is C15H18BrNO4. The molecule has 0 saturated carbocycles. The third-order valence-corrected chi connectivity index (χ3v) is 4.34. The Morgan fingerprint density at radius 2 is 2.29 bits per heavy atom. The molecule has 0 bridgehead atoms. The van der Waals surface area contributed by atoms with Gasteiger partial charge >= 0.3 is 5.97 Å². The Hall–Kier alpha value is -1.11. The smallest absolute Gasteiger partial charge is 0.306 e. The molecule has 1 aromatic carbocycles. The zero-order valence-corrected chi connectivity index (χ0v) is 13.2. The van der Waals surface area contributed by atoms with Crippen molar-refractivity contribution in [1.29, 1.82) is 0 Å². The number of rotatable bonds is 4. The molecule has 1 N–H and O–H groups in total. The van der Waals surface area contributed by atoms with Crippen LogP contribution >= 0.6 is 15.9 Å². The summed E-state index contributed by atoms with van der Waals surface area (Å²) in [6.45, 7) is 2.89. The molecule has 5 nitrogen and oxygen atoms in total. The summed E-state index contributed by atoms with van der Waals surface area (Å²) in [5.74, 6) is 0.148. The van der Waals surface area contributed by atoms with Crippen molar-refractivity contribution in [2.24, 2.45) is 0 Å². The van der Waals surface area contributed by atoms with Gasteiger partial charge in [0.15, 0.2) is 0 Å². The van der Waals surface area contributed by atoms with Crippen LogP contribution < -0.4 is 4.74 Å². The van der Waals surface area contributed by atoms with Gasteiger partial charge in [0, 0.05) is 30.5 Å². The molecule has 2 aliphatic rings. The topological polar surface area (TPSA) is 59.0 Å². The first-order valence-electron chi connectivity index (χ1n) is 7.11. The third kappa shape index (κ3) is 3.75. The molecule has 2 atom stereocenters. The van der Waals surface area contributed by atoms with Gasteiger partial charge in [-0.15, -0.1) is 0 Å². The number of carbonyl (C=O) groups is 1. The van der Waals surface area contributed by atoms with Crippen LogP contribution in [0.15, 0.2) is 22.7 Å². The standard InChI is InChI=1S/C15H18BrNO4/c16-11-1-2-14-10(5-11)6-13(21-14)9-17-3-4-20-12(8-17)7-15(18)19/h1-2,5,12-13H,3-4,6-9H2,(H,18,19). The molecule has 21 heavy (non-hydrogen) atoms. The number of carboxylic acid groups (broad SMARTS) is 1. The average molecular weight is 356 g/mol. The quantitative estimate of drug-likeness (QED) is 0.894. The first-order chi connectivity index (χ1) is 10.1. The molecule has 2 unspecified atom stereocenters. The highest BCUT2D eigenvalue weighted by atomic mass is 79.9. The highest BCUT2D eigenvalue weighted by molar-refractivity contribution is 9.10. The molecule has 0 aromatic heterocycles. The van der Waals surface area contributed by atoms with Crippen LogP contribution in [0.3, 0.4) is 0 Å². The number of aliphatic carboxylic acids is 1. The first-order valence-corrected chi connectivity index (χ1v) is 7.90. The highest BCUT2D eigenvalue weighted by Gasteiger charge is 2.28. The van der Waals surface area contributed by atoms with Crippen molar-refractivity contribution in [3.8, 4) is 5.75 Å². The number of benzene rings is 1. The number of ether oxygens (including phenoxy) is 2. The Balaban J connectivity index is 1.55. The van der Waals surface area contributed by atoms with Crippen LogP contribution in [0.4, 0.5) is 0 Å². The summed E-state index contributed by atoms with van der Waals surface area (Å²) in [7, 11) is 0. The van der Waals surface area contributed by atoms with Gasteiger partial charge in [-0.1, -0.05) is 15.9 Å². The number of morpholine rings is 1. The van der Waals surface area contributed by atoms with Gasteiger partial charge in [0.1, 0.15) is 11.9 Å². The van der Waals surface area contributed by atoms with E-state index in [1.54, 1.807) is 0 Å². The summed E-state index contributed by atoms with van der Waals surface area (Å²) < 4.78 is 12.5. The number of hydrogen-bond donors (Lipinski definition) is 1. The summed E-state index contributed by atoms with van der Waals surface area (Å²) in [6.07, 6.45) is 0.886. The van der Waals surface area contributed by atoms with Crippen LogP contribution in [0.5, 0.6) is 5.75 Å². The zero-order chi connectivity index (χ0) is 14.8. The summed E-state index contributed by atoms with van der Waals surface area (Å²) >= 11 is 3.48. The lowest BCUT2D eigenvalue weighted by Gasteiger charge is -2.33. The number of fused-ring (bicyclic) bond motifs is 1. The van der Waals surface area contributed by atoms with Crippen molar-refractivity contribution in [3.05, 3.63) is 28.2 Å². The largest absolute Gasteiger partial charge is 0.488 e. The van der Waals surface area contributed by atoms with Crippen molar-refractivity contribution >= 4 is 21.9 Å². The molecule has 0 spiro atoms. The van der Waals surface area contributed by atoms with Gasteiger partial charge in [-0.05, 0) is 23.8 Å².